The van der Waals surface area contributed by atoms with Crippen molar-refractivity contribution < 1.29 is 22.7 Å². The third-order valence-electron chi connectivity index (χ3n) is 3.49. The zero-order valence-electron chi connectivity index (χ0n) is 13.0. The molecule has 0 aliphatic heterocycles. The van der Waals surface area contributed by atoms with Gasteiger partial charge in [-0.3, -0.25) is 9.69 Å². The fraction of sp³-hybridized carbons (Fsp3) is 0.562. The standard InChI is InChI=1S/C16H21F3N2O2/c1-2-9-21(10-12-3-4-12)11-15(22)20-13-5-7-14(8-6-13)23-16(17,18)19/h5-8,12H,2-4,9-11H2,1H3,(H,20,22). The van der Waals surface area contributed by atoms with E-state index in [4.69, 9.17) is 0 Å². The van der Waals surface area contributed by atoms with Crippen LogP contribution in [0.1, 0.15) is 26.2 Å². The van der Waals surface area contributed by atoms with Gasteiger partial charge in [0, 0.05) is 12.2 Å². The Morgan fingerprint density at radius 1 is 1.30 bits per heavy atom. The lowest BCUT2D eigenvalue weighted by Crippen LogP contribution is -2.35. The summed E-state index contributed by atoms with van der Waals surface area (Å²) >= 11 is 0. The Bertz CT molecular complexity index is 513. The molecule has 0 heterocycles. The maximum absolute atomic E-state index is 12.1. The molecule has 0 aromatic heterocycles. The number of rotatable bonds is 8. The van der Waals surface area contributed by atoms with Crippen LogP contribution in [-0.2, 0) is 4.79 Å². The van der Waals surface area contributed by atoms with Crippen LogP contribution < -0.4 is 10.1 Å². The van der Waals surface area contributed by atoms with Crippen molar-refractivity contribution in [1.82, 2.24) is 4.90 Å². The van der Waals surface area contributed by atoms with Gasteiger partial charge in [0.05, 0.1) is 6.54 Å². The molecule has 0 unspecified atom stereocenters. The van der Waals surface area contributed by atoms with Gasteiger partial charge >= 0.3 is 6.36 Å². The topological polar surface area (TPSA) is 41.6 Å². The van der Waals surface area contributed by atoms with Gasteiger partial charge < -0.3 is 10.1 Å². The van der Waals surface area contributed by atoms with E-state index in [-0.39, 0.29) is 11.7 Å². The van der Waals surface area contributed by atoms with Crippen LogP contribution in [-0.4, -0.2) is 36.8 Å². The first-order chi connectivity index (χ1) is 10.9. The second-order valence-electron chi connectivity index (χ2n) is 5.80. The minimum atomic E-state index is -4.71. The molecule has 4 nitrogen and oxygen atoms in total. The lowest BCUT2D eigenvalue weighted by atomic mass is 10.3. The van der Waals surface area contributed by atoms with Gasteiger partial charge in [0.15, 0.2) is 0 Å². The van der Waals surface area contributed by atoms with Crippen LogP contribution >= 0.6 is 0 Å². The zero-order chi connectivity index (χ0) is 16.9. The number of carbonyl (C=O) groups is 1. The number of hydrogen-bond acceptors (Lipinski definition) is 3. The normalized spacial score (nSPS) is 14.8. The van der Waals surface area contributed by atoms with E-state index in [0.29, 0.717) is 18.2 Å². The minimum absolute atomic E-state index is 0.163. The molecule has 2 rings (SSSR count). The number of hydrogen-bond donors (Lipinski definition) is 1. The van der Waals surface area contributed by atoms with Crippen molar-refractivity contribution in [3.05, 3.63) is 24.3 Å². The number of ether oxygens (including phenoxy) is 1. The molecule has 23 heavy (non-hydrogen) atoms. The summed E-state index contributed by atoms with van der Waals surface area (Å²) in [4.78, 5) is 14.2. The number of alkyl halides is 3. The molecule has 7 heteroatoms. The first-order valence-corrected chi connectivity index (χ1v) is 7.73. The summed E-state index contributed by atoms with van der Waals surface area (Å²) in [7, 11) is 0. The van der Waals surface area contributed by atoms with Crippen LogP contribution in [0.3, 0.4) is 0 Å². The van der Waals surface area contributed by atoms with E-state index in [2.05, 4.69) is 21.9 Å². The second-order valence-corrected chi connectivity index (χ2v) is 5.80. The Labute approximate surface area is 133 Å². The third-order valence-corrected chi connectivity index (χ3v) is 3.49. The molecule has 1 aliphatic rings. The molecule has 1 aliphatic carbocycles. The largest absolute Gasteiger partial charge is 0.573 e. The zero-order valence-corrected chi connectivity index (χ0v) is 13.0. The van der Waals surface area contributed by atoms with Gasteiger partial charge in [-0.2, -0.15) is 0 Å². The number of benzene rings is 1. The SMILES string of the molecule is CCCN(CC(=O)Nc1ccc(OC(F)(F)F)cc1)CC1CC1. The number of carbonyl (C=O) groups excluding carboxylic acids is 1. The summed E-state index contributed by atoms with van der Waals surface area (Å²) < 4.78 is 40.0. The van der Waals surface area contributed by atoms with E-state index in [0.717, 1.165) is 19.5 Å². The van der Waals surface area contributed by atoms with Gasteiger partial charge in [0.2, 0.25) is 5.91 Å². The highest BCUT2D eigenvalue weighted by atomic mass is 19.4. The van der Waals surface area contributed by atoms with Gasteiger partial charge in [-0.1, -0.05) is 6.92 Å². The number of nitrogens with one attached hydrogen (secondary N) is 1. The molecule has 0 atom stereocenters. The second kappa shape index (κ2) is 7.68. The predicted molar refractivity (Wildman–Crippen MR) is 81.2 cm³/mol. The molecule has 1 aromatic carbocycles. The Balaban J connectivity index is 1.83. The highest BCUT2D eigenvalue weighted by Gasteiger charge is 2.31. The van der Waals surface area contributed by atoms with E-state index >= 15 is 0 Å². The van der Waals surface area contributed by atoms with Crippen LogP contribution in [0.25, 0.3) is 0 Å². The minimum Gasteiger partial charge on any atom is -0.406 e. The molecule has 128 valence electrons. The molecule has 0 radical (unpaired) electrons. The highest BCUT2D eigenvalue weighted by Crippen LogP contribution is 2.29. The monoisotopic (exact) mass is 330 g/mol. The quantitative estimate of drug-likeness (QED) is 0.791. The fourth-order valence-corrected chi connectivity index (χ4v) is 2.36. The predicted octanol–water partition coefficient (Wildman–Crippen LogP) is 3.65. The van der Waals surface area contributed by atoms with Crippen molar-refractivity contribution in [2.45, 2.75) is 32.5 Å². The van der Waals surface area contributed by atoms with Crippen LogP contribution in [0, 0.1) is 5.92 Å². The summed E-state index contributed by atoms with van der Waals surface area (Å²) in [6, 6.07) is 5.14. The van der Waals surface area contributed by atoms with E-state index < -0.39 is 6.36 Å². The van der Waals surface area contributed by atoms with Crippen LogP contribution in [0.15, 0.2) is 24.3 Å². The van der Waals surface area contributed by atoms with Crippen molar-refractivity contribution in [2.75, 3.05) is 25.0 Å². The average molecular weight is 330 g/mol. The van der Waals surface area contributed by atoms with Gasteiger partial charge in [-0.05, 0) is 56.0 Å². The first-order valence-electron chi connectivity index (χ1n) is 7.73. The Hall–Kier alpha value is -1.76. The number of nitrogens with zero attached hydrogens (tertiary/aromatic N) is 1. The average Bonchev–Trinajstić information content (AvgIpc) is 3.23. The molecular formula is C16H21F3N2O2. The van der Waals surface area contributed by atoms with Gasteiger partial charge in [0.25, 0.3) is 0 Å². The molecule has 0 spiro atoms. The van der Waals surface area contributed by atoms with E-state index in [1.165, 1.54) is 37.1 Å². The van der Waals surface area contributed by atoms with E-state index in [9.17, 15) is 18.0 Å². The molecule has 1 saturated carbocycles. The van der Waals surface area contributed by atoms with Gasteiger partial charge in [0.1, 0.15) is 5.75 Å². The summed E-state index contributed by atoms with van der Waals surface area (Å²) in [5, 5.41) is 2.70. The maximum atomic E-state index is 12.1. The van der Waals surface area contributed by atoms with Gasteiger partial charge in [-0.15, -0.1) is 13.2 Å². The van der Waals surface area contributed by atoms with Crippen molar-refractivity contribution in [1.29, 1.82) is 0 Å². The highest BCUT2D eigenvalue weighted by molar-refractivity contribution is 5.92. The van der Waals surface area contributed by atoms with Crippen LogP contribution in [0.5, 0.6) is 5.75 Å². The summed E-state index contributed by atoms with van der Waals surface area (Å²) in [6.45, 7) is 4.16. The summed E-state index contributed by atoms with van der Waals surface area (Å²) in [5.41, 5.74) is 0.451. The number of anilines is 1. The Kier molecular flexibility index (Phi) is 5.87. The molecule has 1 amide bonds. The lowest BCUT2D eigenvalue weighted by molar-refractivity contribution is -0.274. The Morgan fingerprint density at radius 3 is 2.48 bits per heavy atom. The smallest absolute Gasteiger partial charge is 0.406 e. The van der Waals surface area contributed by atoms with Crippen molar-refractivity contribution in [3.8, 4) is 5.75 Å². The Morgan fingerprint density at radius 2 is 1.96 bits per heavy atom. The fourth-order valence-electron chi connectivity index (χ4n) is 2.36. The van der Waals surface area contributed by atoms with Crippen molar-refractivity contribution in [2.24, 2.45) is 5.92 Å². The first kappa shape index (κ1) is 17.6. The maximum Gasteiger partial charge on any atom is 0.573 e. The molecule has 0 bridgehead atoms. The molecule has 0 saturated heterocycles. The molecule has 1 fully saturated rings. The lowest BCUT2D eigenvalue weighted by Gasteiger charge is -2.20. The third kappa shape index (κ3) is 6.90. The van der Waals surface area contributed by atoms with E-state index in [1.54, 1.807) is 0 Å². The van der Waals surface area contributed by atoms with Gasteiger partial charge in [-0.25, -0.2) is 0 Å². The van der Waals surface area contributed by atoms with Crippen molar-refractivity contribution >= 4 is 11.6 Å². The number of halogens is 3. The number of amides is 1. The molecule has 1 N–H and O–H groups in total. The van der Waals surface area contributed by atoms with E-state index in [1.807, 2.05) is 0 Å². The van der Waals surface area contributed by atoms with Crippen molar-refractivity contribution in [3.63, 3.8) is 0 Å². The van der Waals surface area contributed by atoms with Crippen LogP contribution in [0.2, 0.25) is 0 Å². The van der Waals surface area contributed by atoms with Crippen LogP contribution in [0.4, 0.5) is 18.9 Å². The molecule has 1 aromatic rings. The summed E-state index contributed by atoms with van der Waals surface area (Å²) in [6.07, 6.45) is -1.29. The molecular weight excluding hydrogens is 309 g/mol. The summed E-state index contributed by atoms with van der Waals surface area (Å²) in [5.74, 6) is 0.230.